The molecule has 0 aliphatic carbocycles. The summed E-state index contributed by atoms with van der Waals surface area (Å²) in [6.07, 6.45) is 0. The first-order valence-corrected chi connectivity index (χ1v) is 7.68. The second-order valence-electron chi connectivity index (χ2n) is 4.06. The van der Waals surface area contributed by atoms with E-state index in [1.807, 2.05) is 29.6 Å². The highest BCUT2D eigenvalue weighted by Crippen LogP contribution is 2.21. The number of hydrogen-bond donors (Lipinski definition) is 0. The van der Waals surface area contributed by atoms with Crippen LogP contribution in [0.25, 0.3) is 11.5 Å². The minimum atomic E-state index is -0.395. The van der Waals surface area contributed by atoms with Crippen molar-refractivity contribution in [2.75, 3.05) is 0 Å². The molecule has 0 spiro atoms. The van der Waals surface area contributed by atoms with E-state index < -0.39 is 5.97 Å². The third kappa shape index (κ3) is 3.37. The van der Waals surface area contributed by atoms with Crippen LogP contribution in [-0.2, 0) is 11.3 Å². The van der Waals surface area contributed by atoms with Gasteiger partial charge in [0.15, 0.2) is 6.61 Å². The monoisotopic (exact) mass is 364 g/mol. The van der Waals surface area contributed by atoms with E-state index >= 15 is 0 Å². The van der Waals surface area contributed by atoms with Crippen molar-refractivity contribution in [3.63, 3.8) is 0 Å². The summed E-state index contributed by atoms with van der Waals surface area (Å²) in [4.78, 5) is 12.2. The van der Waals surface area contributed by atoms with E-state index in [4.69, 9.17) is 9.15 Å². The van der Waals surface area contributed by atoms with Gasteiger partial charge in [0.05, 0.1) is 0 Å². The number of halogens is 1. The molecular weight excluding hydrogens is 356 g/mol. The van der Waals surface area contributed by atoms with Crippen molar-refractivity contribution in [2.45, 2.75) is 6.61 Å². The molecule has 3 rings (SSSR count). The Hall–Kier alpha value is -1.99. The summed E-state index contributed by atoms with van der Waals surface area (Å²) in [6.45, 7) is -0.0414. The summed E-state index contributed by atoms with van der Waals surface area (Å²) in [6, 6.07) is 11.0. The lowest BCUT2D eigenvalue weighted by molar-refractivity contribution is 0.0444. The Morgan fingerprint density at radius 1 is 1.24 bits per heavy atom. The first-order chi connectivity index (χ1) is 10.2. The molecule has 0 unspecified atom stereocenters. The molecule has 0 radical (unpaired) electrons. The third-order valence-electron chi connectivity index (χ3n) is 2.61. The van der Waals surface area contributed by atoms with Crippen molar-refractivity contribution >= 4 is 33.2 Å². The predicted molar refractivity (Wildman–Crippen MR) is 80.9 cm³/mol. The van der Waals surface area contributed by atoms with Gasteiger partial charge in [0.2, 0.25) is 5.89 Å². The summed E-state index contributed by atoms with van der Waals surface area (Å²) >= 11 is 4.68. The molecular formula is C14H9BrN2O3S. The zero-order valence-corrected chi connectivity index (χ0v) is 13.1. The summed E-state index contributed by atoms with van der Waals surface area (Å²) in [5.74, 6) is 0.260. The predicted octanol–water partition coefficient (Wildman–Crippen LogP) is 3.92. The minimum absolute atomic E-state index is 0.0414. The molecule has 3 aromatic rings. The quantitative estimate of drug-likeness (QED) is 0.656. The first kappa shape index (κ1) is 14.0. The molecule has 0 aliphatic rings. The van der Waals surface area contributed by atoms with E-state index in [1.54, 1.807) is 12.1 Å². The standard InChI is InChI=1S/C14H9BrN2O3S/c15-10-5-3-9(4-6-10)13-17-16-12(20-13)8-19-14(18)11-2-1-7-21-11/h1-7H,8H2. The van der Waals surface area contributed by atoms with Gasteiger partial charge in [0.25, 0.3) is 5.89 Å². The number of thiophene rings is 1. The van der Waals surface area contributed by atoms with Crippen LogP contribution in [0.1, 0.15) is 15.6 Å². The molecule has 2 heterocycles. The van der Waals surface area contributed by atoms with Crippen molar-refractivity contribution in [1.29, 1.82) is 0 Å². The highest BCUT2D eigenvalue weighted by Gasteiger charge is 2.12. The van der Waals surface area contributed by atoms with Crippen LogP contribution >= 0.6 is 27.3 Å². The Morgan fingerprint density at radius 3 is 2.76 bits per heavy atom. The van der Waals surface area contributed by atoms with Crippen LogP contribution in [-0.4, -0.2) is 16.2 Å². The molecule has 0 amide bonds. The molecule has 0 saturated heterocycles. The minimum Gasteiger partial charge on any atom is -0.451 e. The lowest BCUT2D eigenvalue weighted by Gasteiger charge is -1.98. The van der Waals surface area contributed by atoms with Gasteiger partial charge in [-0.05, 0) is 35.7 Å². The van der Waals surface area contributed by atoms with Crippen LogP contribution in [0.2, 0.25) is 0 Å². The molecule has 0 saturated carbocycles. The summed E-state index contributed by atoms with van der Waals surface area (Å²) in [5, 5.41) is 9.62. The van der Waals surface area contributed by atoms with E-state index in [0.717, 1.165) is 10.0 Å². The summed E-state index contributed by atoms with van der Waals surface area (Å²) in [7, 11) is 0. The fourth-order valence-corrected chi connectivity index (χ4v) is 2.49. The Bertz CT molecular complexity index is 738. The molecule has 0 atom stereocenters. The number of rotatable bonds is 4. The Balaban J connectivity index is 1.65. The second kappa shape index (κ2) is 6.19. The molecule has 1 aromatic carbocycles. The first-order valence-electron chi connectivity index (χ1n) is 6.01. The normalized spacial score (nSPS) is 10.5. The number of carbonyl (C=O) groups is 1. The second-order valence-corrected chi connectivity index (χ2v) is 5.92. The molecule has 2 aromatic heterocycles. The number of ether oxygens (including phenoxy) is 1. The van der Waals surface area contributed by atoms with Gasteiger partial charge < -0.3 is 9.15 Å². The van der Waals surface area contributed by atoms with Gasteiger partial charge in [-0.15, -0.1) is 21.5 Å². The average molecular weight is 365 g/mol. The van der Waals surface area contributed by atoms with Crippen molar-refractivity contribution in [1.82, 2.24) is 10.2 Å². The van der Waals surface area contributed by atoms with Gasteiger partial charge in [0, 0.05) is 10.0 Å². The van der Waals surface area contributed by atoms with Gasteiger partial charge in [-0.25, -0.2) is 4.79 Å². The number of aromatic nitrogens is 2. The number of hydrogen-bond acceptors (Lipinski definition) is 6. The highest BCUT2D eigenvalue weighted by atomic mass is 79.9. The van der Waals surface area contributed by atoms with Crippen molar-refractivity contribution in [2.24, 2.45) is 0 Å². The van der Waals surface area contributed by atoms with Crippen LogP contribution < -0.4 is 0 Å². The van der Waals surface area contributed by atoms with Crippen LogP contribution in [0.5, 0.6) is 0 Å². The zero-order chi connectivity index (χ0) is 14.7. The molecule has 0 aliphatic heterocycles. The van der Waals surface area contributed by atoms with Crippen LogP contribution in [0, 0.1) is 0 Å². The van der Waals surface area contributed by atoms with Crippen LogP contribution in [0.15, 0.2) is 50.7 Å². The molecule has 0 bridgehead atoms. The molecule has 0 fully saturated rings. The van der Waals surface area contributed by atoms with Gasteiger partial charge in [-0.3, -0.25) is 0 Å². The molecule has 5 nitrogen and oxygen atoms in total. The lowest BCUT2D eigenvalue weighted by atomic mass is 10.2. The van der Waals surface area contributed by atoms with Crippen molar-refractivity contribution in [3.05, 3.63) is 57.0 Å². The maximum atomic E-state index is 11.7. The number of nitrogens with zero attached hydrogens (tertiary/aromatic N) is 2. The smallest absolute Gasteiger partial charge is 0.348 e. The van der Waals surface area contributed by atoms with Gasteiger partial charge in [-0.2, -0.15) is 0 Å². The maximum Gasteiger partial charge on any atom is 0.348 e. The maximum absolute atomic E-state index is 11.7. The van der Waals surface area contributed by atoms with Gasteiger partial charge >= 0.3 is 5.97 Å². The molecule has 7 heteroatoms. The van der Waals surface area contributed by atoms with E-state index in [2.05, 4.69) is 26.1 Å². The van der Waals surface area contributed by atoms with Crippen molar-refractivity contribution in [3.8, 4) is 11.5 Å². The molecule has 21 heavy (non-hydrogen) atoms. The fraction of sp³-hybridized carbons (Fsp3) is 0.0714. The lowest BCUT2D eigenvalue weighted by Crippen LogP contribution is -2.03. The number of benzene rings is 1. The topological polar surface area (TPSA) is 65.2 Å². The fourth-order valence-electron chi connectivity index (χ4n) is 1.61. The largest absolute Gasteiger partial charge is 0.451 e. The highest BCUT2D eigenvalue weighted by molar-refractivity contribution is 9.10. The van der Waals surface area contributed by atoms with E-state index in [1.165, 1.54) is 11.3 Å². The van der Waals surface area contributed by atoms with E-state index in [-0.39, 0.29) is 12.5 Å². The average Bonchev–Trinajstić information content (AvgIpc) is 3.17. The van der Waals surface area contributed by atoms with E-state index in [0.29, 0.717) is 10.8 Å². The van der Waals surface area contributed by atoms with Crippen LogP contribution in [0.3, 0.4) is 0 Å². The number of esters is 1. The third-order valence-corrected chi connectivity index (χ3v) is 3.99. The van der Waals surface area contributed by atoms with Gasteiger partial charge in [0.1, 0.15) is 4.88 Å². The Labute approximate surface area is 132 Å². The molecule has 106 valence electrons. The molecule has 0 N–H and O–H groups in total. The Kier molecular flexibility index (Phi) is 4.12. The zero-order valence-electron chi connectivity index (χ0n) is 10.7. The van der Waals surface area contributed by atoms with Gasteiger partial charge in [-0.1, -0.05) is 22.0 Å². The summed E-state index contributed by atoms with van der Waals surface area (Å²) in [5.41, 5.74) is 0.807. The van der Waals surface area contributed by atoms with E-state index in [9.17, 15) is 4.79 Å². The number of carbonyl (C=O) groups excluding carboxylic acids is 1. The SMILES string of the molecule is O=C(OCc1nnc(-c2ccc(Br)cc2)o1)c1cccs1. The van der Waals surface area contributed by atoms with Crippen molar-refractivity contribution < 1.29 is 13.9 Å². The Morgan fingerprint density at radius 2 is 2.05 bits per heavy atom. The summed E-state index contributed by atoms with van der Waals surface area (Å²) < 4.78 is 11.5. The van der Waals surface area contributed by atoms with Crippen LogP contribution in [0.4, 0.5) is 0 Å².